The molecule has 0 amide bonds. The van der Waals surface area contributed by atoms with Gasteiger partial charge in [-0.3, -0.25) is 20.2 Å². The fourth-order valence-corrected chi connectivity index (χ4v) is 1.58. The molecule has 0 saturated carbocycles. The van der Waals surface area contributed by atoms with Gasteiger partial charge in [-0.2, -0.15) is 0 Å². The van der Waals surface area contributed by atoms with Crippen LogP contribution in [0.1, 0.15) is 20.7 Å². The molecule has 0 aromatic heterocycles. The summed E-state index contributed by atoms with van der Waals surface area (Å²) in [4.78, 5) is 39.3. The first-order chi connectivity index (χ1) is 12.0. The van der Waals surface area contributed by atoms with Crippen molar-refractivity contribution in [2.45, 2.75) is 0 Å². The molecule has 34 heavy (non-hydrogen) atoms. The van der Waals surface area contributed by atoms with Crippen LogP contribution in [0.25, 0.3) is 0 Å². The molecule has 0 radical (unpaired) electrons. The van der Waals surface area contributed by atoms with E-state index in [1.165, 1.54) is 0 Å². The fourth-order valence-electron chi connectivity index (χ4n) is 1.58. The summed E-state index contributed by atoms with van der Waals surface area (Å²) in [7, 11) is 0. The van der Waals surface area contributed by atoms with E-state index in [1.54, 1.807) is 0 Å². The number of nitro groups is 2. The van der Waals surface area contributed by atoms with Crippen molar-refractivity contribution >= 4 is 23.3 Å². The number of nitro benzene ring substituents is 2. The van der Waals surface area contributed by atoms with Crippen molar-refractivity contribution in [2.24, 2.45) is 0 Å². The third kappa shape index (κ3) is 14.8. The topological polar surface area (TPSA) is 411 Å². The average molecular weight is 607 g/mol. The molecule has 0 saturated heterocycles. The number of non-ortho nitro benzene ring substituents is 2. The van der Waals surface area contributed by atoms with Crippen molar-refractivity contribution in [3.05, 3.63) is 67.8 Å². The Morgan fingerprint density at radius 2 is 0.824 bits per heavy atom. The van der Waals surface area contributed by atoms with Crippen LogP contribution in [0.2, 0.25) is 0 Å². The minimum atomic E-state index is -1.71. The van der Waals surface area contributed by atoms with Gasteiger partial charge in [-0.05, 0) is 11.1 Å². The third-order valence-electron chi connectivity index (χ3n) is 2.79. The zero-order valence-corrected chi connectivity index (χ0v) is 23.3. The quantitative estimate of drug-likeness (QED) is 0.137. The second-order valence-electron chi connectivity index (χ2n) is 4.45. The number of carbonyl (C=O) groups excluding carboxylic acids is 2. The van der Waals surface area contributed by atoms with Gasteiger partial charge in [-0.1, -0.05) is 23.6 Å². The molecule has 0 bridgehead atoms. The van der Waals surface area contributed by atoms with Crippen LogP contribution in [-0.4, -0.2) is 21.8 Å². The van der Waals surface area contributed by atoms with Crippen molar-refractivity contribution in [2.75, 3.05) is 0 Å². The van der Waals surface area contributed by atoms with Gasteiger partial charge < -0.3 is 62.9 Å². The van der Waals surface area contributed by atoms with E-state index in [-0.39, 0.29) is 71.8 Å². The summed E-state index contributed by atoms with van der Waals surface area (Å²) in [6, 6.07) is 4.88. The molecular formula is C14H24N2O16Zn2+6. The molecule has 2 aromatic rings. The molecule has 0 fully saturated rings. The van der Waals surface area contributed by atoms with Crippen LogP contribution in [0, 0.1) is 20.2 Å². The molecule has 18 N–H and O–H groups in total. The van der Waals surface area contributed by atoms with Gasteiger partial charge in [0.05, 0.1) is 21.8 Å². The van der Waals surface area contributed by atoms with Gasteiger partial charge in [0.1, 0.15) is 0 Å². The molecule has 0 aliphatic rings. The van der Waals surface area contributed by atoms with Crippen LogP contribution in [0.15, 0.2) is 36.4 Å². The number of carbonyl (C=O) groups is 2. The largest absolute Gasteiger partial charge is 2.00 e. The summed E-state index contributed by atoms with van der Waals surface area (Å²) in [6.45, 7) is 0. The van der Waals surface area contributed by atoms with Gasteiger partial charge in [0.2, 0.25) is 0 Å². The van der Waals surface area contributed by atoms with Crippen LogP contribution >= 0.6 is 0 Å². The number of aromatic carboxylic acids is 2. The van der Waals surface area contributed by atoms with Crippen molar-refractivity contribution in [1.29, 1.82) is 0 Å². The molecule has 0 heterocycles. The molecule has 2 aromatic carbocycles. The first-order valence-corrected chi connectivity index (χ1v) is 6.38. The molecule has 0 aliphatic heterocycles. The molecule has 0 spiro atoms. The number of carboxylic acid groups (broad SMARTS) is 2. The number of hydrogen-bond donors (Lipinski definition) is 0. The standard InChI is InChI=1S/2C7H5NO5.6H2O.2Zn/c2*9-6-2-1-4(8(12)13)3-5(6)7(10)11;;;;;;;;/h2*1-3,9H,(H,10,11);6*1H2;;/q;;;;;;;;2*+2/p+2. The Morgan fingerprint density at radius 3 is 1.00 bits per heavy atom. The second kappa shape index (κ2) is 23.0. The van der Waals surface area contributed by atoms with Gasteiger partial charge >= 0.3 is 39.0 Å². The third-order valence-corrected chi connectivity index (χ3v) is 2.79. The normalized spacial score (nSPS) is 7.29. The fraction of sp³-hybridized carbons (Fsp3) is 0. The van der Waals surface area contributed by atoms with Crippen molar-refractivity contribution in [3.63, 3.8) is 0 Å². The molecule has 0 atom stereocenters. The van der Waals surface area contributed by atoms with Gasteiger partial charge in [0.15, 0.2) is 0 Å². The number of benzene rings is 2. The molecule has 0 unspecified atom stereocenters. The average Bonchev–Trinajstić information content (AvgIpc) is 2.55. The molecule has 18 nitrogen and oxygen atoms in total. The summed E-state index contributed by atoms with van der Waals surface area (Å²) in [5.74, 6) is -5.03. The van der Waals surface area contributed by atoms with E-state index in [4.69, 9.17) is 0 Å². The summed E-state index contributed by atoms with van der Waals surface area (Å²) >= 11 is 0. The van der Waals surface area contributed by atoms with Gasteiger partial charge in [-0.25, -0.2) is 0 Å². The number of rotatable bonds is 4. The SMILES string of the molecule is O=C([O-])c1cc([N+](=O)[O-])ccc1[O-].O=C([O-])c1cc([N+](=O)[O-])ccc1[O-].[OH3+].[OH3+].[OH3+].[OH3+].[OH3+].[OH3+].[Zn+2].[Zn+2]. The van der Waals surface area contributed by atoms with E-state index >= 15 is 0 Å². The molecule has 20 heteroatoms. The van der Waals surface area contributed by atoms with Gasteiger partial charge in [0.25, 0.3) is 11.4 Å². The monoisotopic (exact) mass is 604 g/mol. The van der Waals surface area contributed by atoms with Crippen molar-refractivity contribution in [1.82, 2.24) is 0 Å². The molecule has 2 rings (SSSR count). The minimum absolute atomic E-state index is 0. The zero-order chi connectivity index (χ0) is 20.0. The summed E-state index contributed by atoms with van der Waals surface area (Å²) in [5.41, 5.74) is -2.29. The molecule has 0 aliphatic carbocycles. The van der Waals surface area contributed by atoms with Gasteiger partial charge in [0, 0.05) is 24.3 Å². The van der Waals surface area contributed by atoms with Crippen molar-refractivity contribution in [3.8, 4) is 11.5 Å². The smallest absolute Gasteiger partial charge is 0.872 e. The van der Waals surface area contributed by atoms with E-state index in [9.17, 15) is 50.2 Å². The second-order valence-corrected chi connectivity index (χ2v) is 4.45. The Bertz CT molecular complexity index is 838. The minimum Gasteiger partial charge on any atom is -0.872 e. The summed E-state index contributed by atoms with van der Waals surface area (Å²) in [5, 5.41) is 62.5. The molecular weight excluding hydrogens is 583 g/mol. The van der Waals surface area contributed by atoms with E-state index in [0.29, 0.717) is 12.1 Å². The number of hydrogen-bond acceptors (Lipinski definition) is 10. The maximum Gasteiger partial charge on any atom is 2.00 e. The Balaban J connectivity index is -0.0000000537. The Hall–Kier alpha value is -3.21. The summed E-state index contributed by atoms with van der Waals surface area (Å²) < 4.78 is 0. The number of nitrogens with zero attached hydrogens (tertiary/aromatic N) is 2. The first-order valence-electron chi connectivity index (χ1n) is 6.38. The van der Waals surface area contributed by atoms with Crippen LogP contribution < -0.4 is 20.4 Å². The predicted octanol–water partition coefficient (Wildman–Crippen LogP) is -7.47. The Kier molecular flexibility index (Phi) is 35.5. The van der Waals surface area contributed by atoms with E-state index < -0.39 is 55.8 Å². The van der Waals surface area contributed by atoms with Gasteiger partial charge in [-0.15, -0.1) is 0 Å². The Morgan fingerprint density at radius 1 is 0.588 bits per heavy atom. The maximum absolute atomic E-state index is 10.8. The van der Waals surface area contributed by atoms with Crippen molar-refractivity contribution < 1.29 is 112 Å². The van der Waals surface area contributed by atoms with Crippen LogP contribution in [-0.2, 0) is 71.8 Å². The van der Waals surface area contributed by atoms with Crippen LogP contribution in [0.3, 0.4) is 0 Å². The maximum atomic E-state index is 10.8. The van der Waals surface area contributed by atoms with E-state index in [2.05, 4.69) is 0 Å². The van der Waals surface area contributed by atoms with Crippen LogP contribution in [0.4, 0.5) is 11.4 Å². The van der Waals surface area contributed by atoms with E-state index in [1.807, 2.05) is 0 Å². The molecule has 184 valence electrons. The zero-order valence-electron chi connectivity index (χ0n) is 17.3. The van der Waals surface area contributed by atoms with Crippen LogP contribution in [0.5, 0.6) is 11.5 Å². The Labute approximate surface area is 214 Å². The first kappa shape index (κ1) is 52.6. The van der Waals surface area contributed by atoms with E-state index in [0.717, 1.165) is 24.3 Å². The predicted molar refractivity (Wildman–Crippen MR) is 103 cm³/mol. The number of carboxylic acids is 2. The summed E-state index contributed by atoms with van der Waals surface area (Å²) in [6.07, 6.45) is 0.